The average Bonchev–Trinajstić information content (AvgIpc) is 3.06. The molecule has 0 spiro atoms. The fourth-order valence-electron chi connectivity index (χ4n) is 2.32. The van der Waals surface area contributed by atoms with Crippen LogP contribution in [0.25, 0.3) is 15.7 Å². The molecule has 98 valence electrons. The van der Waals surface area contributed by atoms with Gasteiger partial charge in [-0.05, 0) is 11.5 Å². The molecule has 0 aliphatic heterocycles. The SMILES string of the molecule is c1ccc2c(OCc3cn4ccsc4n3)cccc2c1. The molecule has 0 fully saturated rings. The van der Waals surface area contributed by atoms with E-state index in [1.54, 1.807) is 11.3 Å². The maximum absolute atomic E-state index is 5.93. The quantitative estimate of drug-likeness (QED) is 0.564. The number of rotatable bonds is 3. The molecule has 0 unspecified atom stereocenters. The summed E-state index contributed by atoms with van der Waals surface area (Å²) in [6.07, 6.45) is 4.02. The Balaban J connectivity index is 1.63. The molecule has 0 saturated carbocycles. The van der Waals surface area contributed by atoms with Gasteiger partial charge in [0, 0.05) is 23.2 Å². The maximum Gasteiger partial charge on any atom is 0.193 e. The van der Waals surface area contributed by atoms with Crippen molar-refractivity contribution in [2.75, 3.05) is 0 Å². The maximum atomic E-state index is 5.93. The van der Waals surface area contributed by atoms with Gasteiger partial charge in [0.1, 0.15) is 12.4 Å². The second kappa shape index (κ2) is 4.65. The molecule has 3 nitrogen and oxygen atoms in total. The summed E-state index contributed by atoms with van der Waals surface area (Å²) in [5.74, 6) is 0.902. The first-order chi connectivity index (χ1) is 9.90. The van der Waals surface area contributed by atoms with Gasteiger partial charge < -0.3 is 4.74 Å². The number of ether oxygens (including phenoxy) is 1. The molecule has 0 atom stereocenters. The number of imidazole rings is 1. The summed E-state index contributed by atoms with van der Waals surface area (Å²) in [5, 5.41) is 4.35. The van der Waals surface area contributed by atoms with Gasteiger partial charge in [0.2, 0.25) is 0 Å². The van der Waals surface area contributed by atoms with Gasteiger partial charge in [0.05, 0.1) is 5.69 Å². The largest absolute Gasteiger partial charge is 0.487 e. The Labute approximate surface area is 120 Å². The molecule has 0 aliphatic rings. The van der Waals surface area contributed by atoms with E-state index in [1.165, 1.54) is 5.39 Å². The van der Waals surface area contributed by atoms with Crippen molar-refractivity contribution in [3.8, 4) is 5.75 Å². The number of hydrogen-bond acceptors (Lipinski definition) is 3. The van der Waals surface area contributed by atoms with Crippen LogP contribution in [-0.2, 0) is 6.61 Å². The molecule has 4 aromatic rings. The Kier molecular flexibility index (Phi) is 2.67. The second-order valence-electron chi connectivity index (χ2n) is 4.59. The van der Waals surface area contributed by atoms with Crippen molar-refractivity contribution >= 4 is 27.1 Å². The lowest BCUT2D eigenvalue weighted by Crippen LogP contribution is -1.96. The van der Waals surface area contributed by atoms with Crippen molar-refractivity contribution in [3.63, 3.8) is 0 Å². The molecule has 0 bridgehead atoms. The fourth-order valence-corrected chi connectivity index (χ4v) is 3.04. The molecule has 0 amide bonds. The third-order valence-corrected chi connectivity index (χ3v) is 4.04. The predicted octanol–water partition coefficient (Wildman–Crippen LogP) is 4.13. The van der Waals surface area contributed by atoms with Gasteiger partial charge in [-0.15, -0.1) is 11.3 Å². The van der Waals surface area contributed by atoms with Gasteiger partial charge in [0.25, 0.3) is 0 Å². The third-order valence-electron chi connectivity index (χ3n) is 3.27. The van der Waals surface area contributed by atoms with Gasteiger partial charge in [0.15, 0.2) is 4.96 Å². The molecule has 0 N–H and O–H groups in total. The summed E-state index contributed by atoms with van der Waals surface area (Å²) >= 11 is 1.63. The van der Waals surface area contributed by atoms with Crippen LogP contribution in [0.15, 0.2) is 60.2 Å². The summed E-state index contributed by atoms with van der Waals surface area (Å²) in [6.45, 7) is 0.488. The monoisotopic (exact) mass is 280 g/mol. The normalized spacial score (nSPS) is 11.2. The van der Waals surface area contributed by atoms with Gasteiger partial charge in [-0.2, -0.15) is 0 Å². The van der Waals surface area contributed by atoms with Gasteiger partial charge >= 0.3 is 0 Å². The van der Waals surface area contributed by atoms with Crippen LogP contribution in [0.2, 0.25) is 0 Å². The van der Waals surface area contributed by atoms with E-state index in [2.05, 4.69) is 23.2 Å². The predicted molar refractivity (Wildman–Crippen MR) is 81.3 cm³/mol. The highest BCUT2D eigenvalue weighted by Gasteiger charge is 2.05. The fraction of sp³-hybridized carbons (Fsp3) is 0.0625. The smallest absolute Gasteiger partial charge is 0.193 e. The molecule has 0 radical (unpaired) electrons. The molecule has 0 saturated heterocycles. The van der Waals surface area contributed by atoms with Crippen LogP contribution in [0.5, 0.6) is 5.75 Å². The summed E-state index contributed by atoms with van der Waals surface area (Å²) in [7, 11) is 0. The Morgan fingerprint density at radius 2 is 2.00 bits per heavy atom. The molecule has 0 aliphatic carbocycles. The van der Waals surface area contributed by atoms with Crippen LogP contribution in [0, 0.1) is 0 Å². The van der Waals surface area contributed by atoms with Crippen LogP contribution < -0.4 is 4.74 Å². The Bertz CT molecular complexity index is 844. The van der Waals surface area contributed by atoms with Crippen molar-refractivity contribution in [1.29, 1.82) is 0 Å². The first-order valence-electron chi connectivity index (χ1n) is 6.42. The molecule has 2 aromatic carbocycles. The van der Waals surface area contributed by atoms with Crippen LogP contribution in [0.3, 0.4) is 0 Å². The lowest BCUT2D eigenvalue weighted by molar-refractivity contribution is 0.306. The average molecular weight is 280 g/mol. The highest BCUT2D eigenvalue weighted by molar-refractivity contribution is 7.15. The third kappa shape index (κ3) is 1.94. The highest BCUT2D eigenvalue weighted by atomic mass is 32.1. The van der Waals surface area contributed by atoms with Crippen molar-refractivity contribution in [2.24, 2.45) is 0 Å². The van der Waals surface area contributed by atoms with Gasteiger partial charge in [-0.3, -0.25) is 4.40 Å². The van der Waals surface area contributed by atoms with E-state index >= 15 is 0 Å². The minimum absolute atomic E-state index is 0.488. The summed E-state index contributed by atoms with van der Waals surface area (Å²) < 4.78 is 7.95. The Morgan fingerprint density at radius 1 is 1.10 bits per heavy atom. The van der Waals surface area contributed by atoms with E-state index in [1.807, 2.05) is 46.4 Å². The Morgan fingerprint density at radius 3 is 2.95 bits per heavy atom. The molecule has 2 heterocycles. The number of fused-ring (bicyclic) bond motifs is 2. The molecular weight excluding hydrogens is 268 g/mol. The minimum atomic E-state index is 0.488. The summed E-state index contributed by atoms with van der Waals surface area (Å²) in [5.41, 5.74) is 0.949. The molecule has 2 aromatic heterocycles. The van der Waals surface area contributed by atoms with Crippen LogP contribution in [0.4, 0.5) is 0 Å². The van der Waals surface area contributed by atoms with E-state index in [4.69, 9.17) is 4.74 Å². The molecule has 20 heavy (non-hydrogen) atoms. The second-order valence-corrected chi connectivity index (χ2v) is 5.46. The zero-order valence-electron chi connectivity index (χ0n) is 10.7. The number of nitrogens with zero attached hydrogens (tertiary/aromatic N) is 2. The van der Waals surface area contributed by atoms with Crippen LogP contribution in [-0.4, -0.2) is 9.38 Å². The lowest BCUT2D eigenvalue weighted by Gasteiger charge is -2.07. The highest BCUT2D eigenvalue weighted by Crippen LogP contribution is 2.26. The first-order valence-corrected chi connectivity index (χ1v) is 7.30. The molecule has 4 heteroatoms. The van der Waals surface area contributed by atoms with Crippen LogP contribution >= 0.6 is 11.3 Å². The van der Waals surface area contributed by atoms with Gasteiger partial charge in [-0.1, -0.05) is 36.4 Å². The van der Waals surface area contributed by atoms with E-state index in [-0.39, 0.29) is 0 Å². The standard InChI is InChI=1S/C16H12N2OS/c1-2-6-14-12(4-1)5-3-7-15(14)19-11-13-10-18-8-9-20-16(18)17-13/h1-10H,11H2. The van der Waals surface area contributed by atoms with Crippen molar-refractivity contribution in [2.45, 2.75) is 6.61 Å². The van der Waals surface area contributed by atoms with E-state index in [9.17, 15) is 0 Å². The first kappa shape index (κ1) is 11.5. The summed E-state index contributed by atoms with van der Waals surface area (Å²) in [4.78, 5) is 5.53. The van der Waals surface area contributed by atoms with Crippen molar-refractivity contribution in [1.82, 2.24) is 9.38 Å². The molecular formula is C16H12N2OS. The van der Waals surface area contributed by atoms with Crippen LogP contribution in [0.1, 0.15) is 5.69 Å². The Hall–Kier alpha value is -2.33. The summed E-state index contributed by atoms with van der Waals surface area (Å²) in [6, 6.07) is 14.3. The minimum Gasteiger partial charge on any atom is -0.487 e. The lowest BCUT2D eigenvalue weighted by atomic mass is 10.1. The number of hydrogen-bond donors (Lipinski definition) is 0. The van der Waals surface area contributed by atoms with E-state index in [0.29, 0.717) is 6.61 Å². The number of benzene rings is 2. The molecule has 4 rings (SSSR count). The zero-order chi connectivity index (χ0) is 13.4. The topological polar surface area (TPSA) is 26.5 Å². The number of aromatic nitrogens is 2. The van der Waals surface area contributed by atoms with E-state index < -0.39 is 0 Å². The number of thiazole rings is 1. The van der Waals surface area contributed by atoms with Crippen molar-refractivity contribution in [3.05, 3.63) is 65.9 Å². The zero-order valence-corrected chi connectivity index (χ0v) is 11.5. The van der Waals surface area contributed by atoms with Crippen molar-refractivity contribution < 1.29 is 4.74 Å². The van der Waals surface area contributed by atoms with Gasteiger partial charge in [-0.25, -0.2) is 4.98 Å². The van der Waals surface area contributed by atoms with E-state index in [0.717, 1.165) is 21.8 Å².